The number of benzene rings is 1. The Morgan fingerprint density at radius 3 is 2.29 bits per heavy atom. The summed E-state index contributed by atoms with van der Waals surface area (Å²) in [4.78, 5) is 0. The Kier molecular flexibility index (Phi) is 4.32. The molecule has 0 aliphatic heterocycles. The van der Waals surface area contributed by atoms with Crippen molar-refractivity contribution >= 4 is 0 Å². The second kappa shape index (κ2) is 5.53. The molecule has 6 heteroatoms. The predicted octanol–water partition coefficient (Wildman–Crippen LogP) is 3.51. The van der Waals surface area contributed by atoms with Crippen molar-refractivity contribution in [3.63, 3.8) is 0 Å². The van der Waals surface area contributed by atoms with E-state index in [0.717, 1.165) is 0 Å². The fraction of sp³-hybridized carbons (Fsp3) is 0.273. The highest BCUT2D eigenvalue weighted by atomic mass is 19.3. The predicted molar refractivity (Wildman–Crippen MR) is 49.5 cm³/mol. The summed E-state index contributed by atoms with van der Waals surface area (Å²) >= 11 is 0. The van der Waals surface area contributed by atoms with Crippen molar-refractivity contribution in [2.24, 2.45) is 0 Å². The van der Waals surface area contributed by atoms with E-state index in [4.69, 9.17) is 6.42 Å². The SMILES string of the molecule is C#CCOc1[c]c(F)c(C(F)F)cc1C(F)F. The van der Waals surface area contributed by atoms with Gasteiger partial charge in [0.25, 0.3) is 12.9 Å². The smallest absolute Gasteiger partial charge is 0.267 e. The number of hydrogen-bond acceptors (Lipinski definition) is 1. The summed E-state index contributed by atoms with van der Waals surface area (Å²) in [6, 6.07) is 2.05. The summed E-state index contributed by atoms with van der Waals surface area (Å²) in [6.45, 7) is -0.385. The fourth-order valence-corrected chi connectivity index (χ4v) is 1.09. The minimum atomic E-state index is -3.20. The van der Waals surface area contributed by atoms with E-state index < -0.39 is 35.5 Å². The van der Waals surface area contributed by atoms with Crippen molar-refractivity contribution in [1.29, 1.82) is 0 Å². The highest BCUT2D eigenvalue weighted by Gasteiger charge is 2.22. The van der Waals surface area contributed by atoms with Crippen LogP contribution in [-0.2, 0) is 0 Å². The van der Waals surface area contributed by atoms with Crippen molar-refractivity contribution in [1.82, 2.24) is 0 Å². The third-order valence-electron chi connectivity index (χ3n) is 1.82. The van der Waals surface area contributed by atoms with Gasteiger partial charge < -0.3 is 4.74 Å². The van der Waals surface area contributed by atoms with Crippen LogP contribution in [0.1, 0.15) is 24.0 Å². The van der Waals surface area contributed by atoms with Gasteiger partial charge in [-0.25, -0.2) is 22.0 Å². The standard InChI is InChI=1S/C11H6F5O/c1-2-3-17-9-5-8(12)6(10(13)14)4-7(9)11(15)16/h1,4,10-11H,3H2. The van der Waals surface area contributed by atoms with Gasteiger partial charge in [0.2, 0.25) is 0 Å². The van der Waals surface area contributed by atoms with E-state index in [1.807, 2.05) is 5.92 Å². The van der Waals surface area contributed by atoms with Gasteiger partial charge in [-0.2, -0.15) is 0 Å². The van der Waals surface area contributed by atoms with Crippen LogP contribution in [0.15, 0.2) is 6.07 Å². The zero-order valence-corrected chi connectivity index (χ0v) is 8.31. The Morgan fingerprint density at radius 1 is 1.24 bits per heavy atom. The zero-order chi connectivity index (χ0) is 13.0. The van der Waals surface area contributed by atoms with E-state index in [9.17, 15) is 22.0 Å². The fourth-order valence-electron chi connectivity index (χ4n) is 1.09. The van der Waals surface area contributed by atoms with Crippen molar-refractivity contribution in [3.8, 4) is 18.1 Å². The molecule has 0 amide bonds. The maximum Gasteiger partial charge on any atom is 0.267 e. The second-order valence-corrected chi connectivity index (χ2v) is 2.92. The molecular weight excluding hydrogens is 243 g/mol. The molecule has 1 aromatic carbocycles. The summed E-state index contributed by atoms with van der Waals surface area (Å²) in [7, 11) is 0. The molecule has 0 spiro atoms. The number of ether oxygens (including phenoxy) is 1. The van der Waals surface area contributed by atoms with E-state index in [1.165, 1.54) is 0 Å². The Labute approximate surface area is 94.2 Å². The van der Waals surface area contributed by atoms with Crippen LogP contribution in [0.5, 0.6) is 5.75 Å². The zero-order valence-electron chi connectivity index (χ0n) is 8.31. The number of terminal acetylenes is 1. The van der Waals surface area contributed by atoms with Crippen molar-refractivity contribution < 1.29 is 26.7 Å². The molecule has 0 heterocycles. The molecule has 0 N–H and O–H groups in total. The van der Waals surface area contributed by atoms with Gasteiger partial charge in [0, 0.05) is 0 Å². The van der Waals surface area contributed by atoms with Gasteiger partial charge in [0.05, 0.1) is 17.2 Å². The van der Waals surface area contributed by atoms with Crippen LogP contribution < -0.4 is 4.74 Å². The lowest BCUT2D eigenvalue weighted by Crippen LogP contribution is -2.02. The van der Waals surface area contributed by atoms with Crippen molar-refractivity contribution in [2.75, 3.05) is 6.61 Å². The molecule has 1 radical (unpaired) electrons. The molecule has 0 bridgehead atoms. The molecule has 1 rings (SSSR count). The van der Waals surface area contributed by atoms with Gasteiger partial charge in [-0.3, -0.25) is 0 Å². The second-order valence-electron chi connectivity index (χ2n) is 2.92. The molecular formula is C11H6F5O. The third-order valence-corrected chi connectivity index (χ3v) is 1.82. The van der Waals surface area contributed by atoms with Crippen LogP contribution in [-0.4, -0.2) is 6.61 Å². The first-order valence-electron chi connectivity index (χ1n) is 4.35. The van der Waals surface area contributed by atoms with Crippen molar-refractivity contribution in [2.45, 2.75) is 12.9 Å². The molecule has 0 fully saturated rings. The Hall–Kier alpha value is -1.77. The van der Waals surface area contributed by atoms with E-state index in [2.05, 4.69) is 4.74 Å². The van der Waals surface area contributed by atoms with E-state index in [-0.39, 0.29) is 6.61 Å². The van der Waals surface area contributed by atoms with Crippen LogP contribution in [0.4, 0.5) is 22.0 Å². The maximum atomic E-state index is 13.1. The summed E-state index contributed by atoms with van der Waals surface area (Å²) < 4.78 is 67.2. The molecule has 0 aliphatic rings. The Bertz CT molecular complexity index is 436. The van der Waals surface area contributed by atoms with Crippen LogP contribution in [0.25, 0.3) is 0 Å². The summed E-state index contributed by atoms with van der Waals surface area (Å²) in [5, 5.41) is 0. The lowest BCUT2D eigenvalue weighted by Gasteiger charge is -2.11. The minimum absolute atomic E-state index is 0.354. The molecule has 17 heavy (non-hydrogen) atoms. The van der Waals surface area contributed by atoms with Crippen LogP contribution >= 0.6 is 0 Å². The molecule has 0 saturated carbocycles. The van der Waals surface area contributed by atoms with Gasteiger partial charge in [0.15, 0.2) is 0 Å². The quantitative estimate of drug-likeness (QED) is 0.586. The highest BCUT2D eigenvalue weighted by molar-refractivity contribution is 5.38. The van der Waals surface area contributed by atoms with Crippen LogP contribution in [0.2, 0.25) is 0 Å². The van der Waals surface area contributed by atoms with Gasteiger partial charge in [-0.1, -0.05) is 5.92 Å². The lowest BCUT2D eigenvalue weighted by atomic mass is 10.1. The molecule has 0 atom stereocenters. The Balaban J connectivity index is 3.21. The molecule has 1 aromatic rings. The number of alkyl halides is 4. The highest BCUT2D eigenvalue weighted by Crippen LogP contribution is 2.34. The van der Waals surface area contributed by atoms with Gasteiger partial charge >= 0.3 is 0 Å². The largest absolute Gasteiger partial charge is 0.480 e. The molecule has 0 aliphatic carbocycles. The summed E-state index contributed by atoms with van der Waals surface area (Å²) in [5.41, 5.74) is -2.01. The van der Waals surface area contributed by atoms with E-state index >= 15 is 0 Å². The van der Waals surface area contributed by atoms with Gasteiger partial charge in [0.1, 0.15) is 18.2 Å². The summed E-state index contributed by atoms with van der Waals surface area (Å²) in [6.07, 6.45) is -1.46. The van der Waals surface area contributed by atoms with Crippen LogP contribution in [0.3, 0.4) is 0 Å². The minimum Gasteiger partial charge on any atom is -0.480 e. The normalized spacial score (nSPS) is 10.7. The first-order chi connectivity index (χ1) is 7.97. The molecule has 91 valence electrons. The lowest BCUT2D eigenvalue weighted by molar-refractivity contribution is 0.137. The third kappa shape index (κ3) is 3.09. The monoisotopic (exact) mass is 249 g/mol. The summed E-state index contributed by atoms with van der Waals surface area (Å²) in [5.74, 6) is -0.105. The Morgan fingerprint density at radius 2 is 1.82 bits per heavy atom. The first-order valence-corrected chi connectivity index (χ1v) is 4.35. The number of hydrogen-bond donors (Lipinski definition) is 0. The molecule has 0 unspecified atom stereocenters. The molecule has 1 nitrogen and oxygen atoms in total. The number of rotatable bonds is 4. The van der Waals surface area contributed by atoms with E-state index in [1.54, 1.807) is 6.07 Å². The topological polar surface area (TPSA) is 9.23 Å². The first kappa shape index (κ1) is 13.3. The van der Waals surface area contributed by atoms with Gasteiger partial charge in [-0.15, -0.1) is 6.42 Å². The van der Waals surface area contributed by atoms with E-state index in [0.29, 0.717) is 6.07 Å². The average Bonchev–Trinajstić information content (AvgIpc) is 2.25. The maximum absolute atomic E-state index is 13.1. The number of halogens is 5. The van der Waals surface area contributed by atoms with Crippen LogP contribution in [0, 0.1) is 24.2 Å². The van der Waals surface area contributed by atoms with Gasteiger partial charge in [-0.05, 0) is 6.07 Å². The molecule has 0 aromatic heterocycles. The average molecular weight is 249 g/mol. The van der Waals surface area contributed by atoms with Crippen molar-refractivity contribution in [3.05, 3.63) is 29.1 Å². The molecule has 0 saturated heterocycles.